The Morgan fingerprint density at radius 3 is 2.72 bits per heavy atom. The van der Waals surface area contributed by atoms with Gasteiger partial charge in [-0.1, -0.05) is 37.3 Å². The first kappa shape index (κ1) is 9.95. The van der Waals surface area contributed by atoms with Gasteiger partial charge in [0.25, 0.3) is 0 Å². The van der Waals surface area contributed by atoms with Gasteiger partial charge in [0, 0.05) is 16.6 Å². The zero-order chi connectivity index (χ0) is 12.1. The van der Waals surface area contributed by atoms with Gasteiger partial charge in [-0.25, -0.2) is 0 Å². The number of fused-ring (bicyclic) bond motifs is 4. The van der Waals surface area contributed by atoms with Crippen LogP contribution in [0.4, 0.5) is 0 Å². The highest BCUT2D eigenvalue weighted by molar-refractivity contribution is 6.00. The van der Waals surface area contributed by atoms with E-state index in [1.54, 1.807) is 0 Å². The van der Waals surface area contributed by atoms with Crippen LogP contribution in [0.1, 0.15) is 18.2 Å². The van der Waals surface area contributed by atoms with Crippen molar-refractivity contribution in [3.8, 4) is 0 Å². The number of nitrogens with one attached hydrogen (secondary N) is 1. The first-order chi connectivity index (χ1) is 8.81. The molecule has 1 atom stereocenters. The lowest BCUT2D eigenvalue weighted by Gasteiger charge is -2.11. The predicted octanol–water partition coefficient (Wildman–Crippen LogP) is 4.53. The molecule has 0 aliphatic heterocycles. The Balaban J connectivity index is 2.09. The van der Waals surface area contributed by atoms with E-state index in [0.29, 0.717) is 5.92 Å². The maximum atomic E-state index is 3.54. The molecule has 0 spiro atoms. The Morgan fingerprint density at radius 1 is 1.11 bits per heavy atom. The molecule has 1 aliphatic rings. The highest BCUT2D eigenvalue weighted by Gasteiger charge is 2.15. The van der Waals surface area contributed by atoms with Gasteiger partial charge in [0.2, 0.25) is 0 Å². The average molecular weight is 233 g/mol. The fourth-order valence-electron chi connectivity index (χ4n) is 2.97. The van der Waals surface area contributed by atoms with Gasteiger partial charge in [-0.2, -0.15) is 0 Å². The van der Waals surface area contributed by atoms with Crippen LogP contribution in [0.25, 0.3) is 27.8 Å². The number of aromatic amines is 1. The summed E-state index contributed by atoms with van der Waals surface area (Å²) < 4.78 is 0. The molecule has 2 aromatic carbocycles. The molecule has 1 aliphatic carbocycles. The Morgan fingerprint density at radius 2 is 1.89 bits per heavy atom. The lowest BCUT2D eigenvalue weighted by molar-refractivity contribution is 0.720. The van der Waals surface area contributed by atoms with Crippen LogP contribution in [-0.4, -0.2) is 4.98 Å². The molecule has 1 heteroatoms. The molecule has 0 amide bonds. The Bertz CT molecular complexity index is 777. The van der Waals surface area contributed by atoms with E-state index in [1.807, 2.05) is 0 Å². The second-order valence-electron chi connectivity index (χ2n) is 5.30. The molecule has 1 unspecified atom stereocenters. The van der Waals surface area contributed by atoms with Gasteiger partial charge < -0.3 is 4.98 Å². The topological polar surface area (TPSA) is 15.8 Å². The zero-order valence-corrected chi connectivity index (χ0v) is 10.4. The van der Waals surface area contributed by atoms with E-state index in [0.717, 1.165) is 6.42 Å². The number of hydrogen-bond donors (Lipinski definition) is 1. The van der Waals surface area contributed by atoms with Crippen LogP contribution in [0, 0.1) is 5.92 Å². The van der Waals surface area contributed by atoms with Crippen LogP contribution in [0.3, 0.4) is 0 Å². The summed E-state index contributed by atoms with van der Waals surface area (Å²) in [6.07, 6.45) is 5.66. The summed E-state index contributed by atoms with van der Waals surface area (Å²) in [6.45, 7) is 2.28. The Hall–Kier alpha value is -2.02. The largest absolute Gasteiger partial charge is 0.355 e. The van der Waals surface area contributed by atoms with E-state index in [1.165, 1.54) is 32.9 Å². The smallest absolute Gasteiger partial charge is 0.0467 e. The lowest BCUT2D eigenvalue weighted by atomic mass is 9.93. The van der Waals surface area contributed by atoms with Gasteiger partial charge in [0.15, 0.2) is 0 Å². The highest BCUT2D eigenvalue weighted by Crippen LogP contribution is 2.32. The fraction of sp³-hybridized carbons (Fsp3) is 0.176. The minimum absolute atomic E-state index is 0.642. The third-order valence-electron chi connectivity index (χ3n) is 3.92. The molecular weight excluding hydrogens is 218 g/mol. The molecule has 88 valence electrons. The predicted molar refractivity (Wildman–Crippen MR) is 77.7 cm³/mol. The number of benzene rings is 2. The number of allylic oxidation sites excluding steroid dienone is 1. The van der Waals surface area contributed by atoms with Gasteiger partial charge in [0.1, 0.15) is 0 Å². The van der Waals surface area contributed by atoms with E-state index in [9.17, 15) is 0 Å². The summed E-state index contributed by atoms with van der Waals surface area (Å²) in [5, 5.41) is 4.02. The van der Waals surface area contributed by atoms with E-state index in [-0.39, 0.29) is 0 Å². The maximum Gasteiger partial charge on any atom is 0.0467 e. The molecule has 0 fully saturated rings. The number of aromatic nitrogens is 1. The van der Waals surface area contributed by atoms with Crippen molar-refractivity contribution >= 4 is 27.8 Å². The van der Waals surface area contributed by atoms with Crippen molar-refractivity contribution in [3.05, 3.63) is 53.7 Å². The summed E-state index contributed by atoms with van der Waals surface area (Å²) in [7, 11) is 0. The quantitative estimate of drug-likeness (QED) is 0.587. The molecule has 0 saturated carbocycles. The molecule has 4 rings (SSSR count). The fourth-order valence-corrected chi connectivity index (χ4v) is 2.97. The maximum absolute atomic E-state index is 3.54. The normalized spacial score (nSPS) is 18.4. The van der Waals surface area contributed by atoms with Crippen LogP contribution in [-0.2, 0) is 6.42 Å². The lowest BCUT2D eigenvalue weighted by Crippen LogP contribution is -2.01. The van der Waals surface area contributed by atoms with Gasteiger partial charge >= 0.3 is 0 Å². The second kappa shape index (κ2) is 3.49. The van der Waals surface area contributed by atoms with Crippen molar-refractivity contribution in [1.29, 1.82) is 0 Å². The summed E-state index contributed by atoms with van der Waals surface area (Å²) >= 11 is 0. The molecule has 1 N–H and O–H groups in total. The molecule has 0 saturated heterocycles. The highest BCUT2D eigenvalue weighted by atomic mass is 14.7. The minimum atomic E-state index is 0.642. The van der Waals surface area contributed by atoms with Crippen LogP contribution in [0.5, 0.6) is 0 Å². The standard InChI is InChI=1S/C17H15N/c1-11-6-7-16-14(8-11)15-9-12-4-2-3-5-13(12)10-17(15)18-16/h2-7,9-11,18H,8H2,1H3. The van der Waals surface area contributed by atoms with E-state index >= 15 is 0 Å². The third kappa shape index (κ3) is 1.34. The Labute approximate surface area is 106 Å². The third-order valence-corrected chi connectivity index (χ3v) is 3.92. The average Bonchev–Trinajstić information content (AvgIpc) is 2.73. The summed E-state index contributed by atoms with van der Waals surface area (Å²) in [6, 6.07) is 13.2. The van der Waals surface area contributed by atoms with Crippen LogP contribution >= 0.6 is 0 Å². The zero-order valence-electron chi connectivity index (χ0n) is 10.4. The molecule has 1 nitrogen and oxygen atoms in total. The first-order valence-corrected chi connectivity index (χ1v) is 6.53. The number of hydrogen-bond acceptors (Lipinski definition) is 0. The minimum Gasteiger partial charge on any atom is -0.355 e. The monoisotopic (exact) mass is 233 g/mol. The number of rotatable bonds is 0. The van der Waals surface area contributed by atoms with Gasteiger partial charge in [0.05, 0.1) is 0 Å². The molecule has 1 aromatic heterocycles. The summed E-state index contributed by atoms with van der Waals surface area (Å²) in [5.41, 5.74) is 4.03. The van der Waals surface area contributed by atoms with Crippen LogP contribution in [0.2, 0.25) is 0 Å². The van der Waals surface area contributed by atoms with E-state index in [4.69, 9.17) is 0 Å². The molecular formula is C17H15N. The van der Waals surface area contributed by atoms with Crippen molar-refractivity contribution in [3.63, 3.8) is 0 Å². The Kier molecular flexibility index (Phi) is 1.93. The van der Waals surface area contributed by atoms with Crippen molar-refractivity contribution < 1.29 is 0 Å². The molecule has 0 bridgehead atoms. The summed E-state index contributed by atoms with van der Waals surface area (Å²) in [5.74, 6) is 0.642. The van der Waals surface area contributed by atoms with Gasteiger partial charge in [-0.05, 0) is 46.9 Å². The summed E-state index contributed by atoms with van der Waals surface area (Å²) in [4.78, 5) is 3.54. The van der Waals surface area contributed by atoms with Crippen molar-refractivity contribution in [2.45, 2.75) is 13.3 Å². The second-order valence-corrected chi connectivity index (χ2v) is 5.30. The first-order valence-electron chi connectivity index (χ1n) is 6.53. The number of H-pyrrole nitrogens is 1. The van der Waals surface area contributed by atoms with Crippen molar-refractivity contribution in [1.82, 2.24) is 4.98 Å². The van der Waals surface area contributed by atoms with Crippen LogP contribution < -0.4 is 0 Å². The van der Waals surface area contributed by atoms with Crippen LogP contribution in [0.15, 0.2) is 42.5 Å². The molecule has 18 heavy (non-hydrogen) atoms. The van der Waals surface area contributed by atoms with E-state index < -0.39 is 0 Å². The molecule has 0 radical (unpaired) electrons. The van der Waals surface area contributed by atoms with Crippen molar-refractivity contribution in [2.24, 2.45) is 5.92 Å². The van der Waals surface area contributed by atoms with Gasteiger partial charge in [-0.3, -0.25) is 0 Å². The molecule has 3 aromatic rings. The van der Waals surface area contributed by atoms with Crippen molar-refractivity contribution in [2.75, 3.05) is 0 Å². The van der Waals surface area contributed by atoms with E-state index in [2.05, 4.69) is 60.5 Å². The molecule has 1 heterocycles. The van der Waals surface area contributed by atoms with Gasteiger partial charge in [-0.15, -0.1) is 0 Å². The SMILES string of the molecule is CC1C=Cc2[nH]c3cc4ccccc4cc3c2C1.